The van der Waals surface area contributed by atoms with E-state index in [1.165, 1.54) is 17.7 Å². The minimum absolute atomic E-state index is 0.148. The summed E-state index contributed by atoms with van der Waals surface area (Å²) in [5.74, 6) is 1.46. The van der Waals surface area contributed by atoms with Crippen LogP contribution in [0.25, 0.3) is 0 Å². The van der Waals surface area contributed by atoms with E-state index in [4.69, 9.17) is 9.47 Å². The van der Waals surface area contributed by atoms with Gasteiger partial charge in [-0.15, -0.1) is 0 Å². The summed E-state index contributed by atoms with van der Waals surface area (Å²) in [5.41, 5.74) is 3.60. The molecule has 0 fully saturated rings. The van der Waals surface area contributed by atoms with Crippen LogP contribution in [0.5, 0.6) is 5.75 Å². The van der Waals surface area contributed by atoms with Gasteiger partial charge >= 0.3 is 0 Å². The molecule has 1 aliphatic heterocycles. The Morgan fingerprint density at radius 3 is 2.62 bits per heavy atom. The van der Waals surface area contributed by atoms with Gasteiger partial charge < -0.3 is 9.47 Å². The van der Waals surface area contributed by atoms with E-state index in [-0.39, 0.29) is 18.4 Å². The third-order valence-electron chi connectivity index (χ3n) is 4.04. The molecule has 0 radical (unpaired) electrons. The van der Waals surface area contributed by atoms with Gasteiger partial charge in [-0.05, 0) is 29.2 Å². The molecule has 5 heteroatoms. The van der Waals surface area contributed by atoms with Gasteiger partial charge in [0.05, 0.1) is 12.4 Å². The molecule has 3 nitrogen and oxygen atoms in total. The van der Waals surface area contributed by atoms with E-state index < -0.39 is 10.8 Å². The molecule has 0 unspecified atom stereocenters. The smallest absolute Gasteiger partial charge is 0.189 e. The number of ether oxygens (including phenoxy) is 2. The van der Waals surface area contributed by atoms with Gasteiger partial charge in [0.25, 0.3) is 0 Å². The predicted octanol–water partition coefficient (Wildman–Crippen LogP) is 4.26. The predicted molar refractivity (Wildman–Crippen MR) is 92.8 cm³/mol. The van der Waals surface area contributed by atoms with Gasteiger partial charge in [-0.1, -0.05) is 38.1 Å². The normalized spacial score (nSPS) is 15.0. The zero-order valence-electron chi connectivity index (χ0n) is 13.9. The van der Waals surface area contributed by atoms with Gasteiger partial charge in [0, 0.05) is 27.7 Å². The van der Waals surface area contributed by atoms with Crippen LogP contribution in [0.2, 0.25) is 0 Å². The topological polar surface area (TPSA) is 35.5 Å². The molecular formula is C19H21FO3S. The van der Waals surface area contributed by atoms with Crippen LogP contribution in [0, 0.1) is 5.82 Å². The Morgan fingerprint density at radius 1 is 1.17 bits per heavy atom. The maximum Gasteiger partial charge on any atom is 0.189 e. The van der Waals surface area contributed by atoms with Crippen molar-refractivity contribution in [1.29, 1.82) is 0 Å². The van der Waals surface area contributed by atoms with E-state index in [9.17, 15) is 8.60 Å². The van der Waals surface area contributed by atoms with Crippen molar-refractivity contribution < 1.29 is 18.1 Å². The Bertz CT molecular complexity index is 741. The molecule has 0 amide bonds. The average molecular weight is 348 g/mol. The summed E-state index contributed by atoms with van der Waals surface area (Å²) in [4.78, 5) is 0. The van der Waals surface area contributed by atoms with E-state index in [0.717, 1.165) is 5.56 Å². The Labute approximate surface area is 144 Å². The Kier molecular flexibility index (Phi) is 5.31. The summed E-state index contributed by atoms with van der Waals surface area (Å²) in [5, 5.41) is 0. The van der Waals surface area contributed by atoms with Crippen molar-refractivity contribution in [2.45, 2.75) is 37.9 Å². The van der Waals surface area contributed by atoms with Crippen molar-refractivity contribution >= 4 is 10.8 Å². The van der Waals surface area contributed by atoms with Gasteiger partial charge in [-0.3, -0.25) is 4.21 Å². The highest BCUT2D eigenvalue weighted by atomic mass is 32.2. The fraction of sp³-hybridized carbons (Fsp3) is 0.368. The van der Waals surface area contributed by atoms with E-state index in [2.05, 4.69) is 26.0 Å². The molecule has 0 spiro atoms. The molecule has 2 aromatic rings. The fourth-order valence-corrected chi connectivity index (χ4v) is 4.00. The summed E-state index contributed by atoms with van der Waals surface area (Å²) in [7, 11) is -1.13. The first-order valence-corrected chi connectivity index (χ1v) is 9.47. The van der Waals surface area contributed by atoms with Crippen LogP contribution in [-0.4, -0.2) is 11.0 Å². The van der Waals surface area contributed by atoms with Gasteiger partial charge in [0.15, 0.2) is 6.79 Å². The second-order valence-corrected chi connectivity index (χ2v) is 7.75. The highest BCUT2D eigenvalue weighted by molar-refractivity contribution is 7.83. The first-order chi connectivity index (χ1) is 11.5. The number of benzene rings is 2. The molecule has 1 aliphatic rings. The lowest BCUT2D eigenvalue weighted by atomic mass is 10.0. The van der Waals surface area contributed by atoms with Crippen LogP contribution in [0.3, 0.4) is 0 Å². The lowest BCUT2D eigenvalue weighted by Gasteiger charge is -2.20. The molecule has 3 rings (SSSR count). The van der Waals surface area contributed by atoms with Gasteiger partial charge in [-0.25, -0.2) is 4.39 Å². The van der Waals surface area contributed by atoms with Crippen LogP contribution in [0.4, 0.5) is 4.39 Å². The lowest BCUT2D eigenvalue weighted by molar-refractivity contribution is -0.0171. The SMILES string of the molecule is CC(C)c1ccc(C[S@](=O)Cc2cc(F)cc3c2OCOC3)cc1. The largest absolute Gasteiger partial charge is 0.467 e. The zero-order valence-corrected chi connectivity index (χ0v) is 14.7. The Hall–Kier alpha value is -1.72. The van der Waals surface area contributed by atoms with Gasteiger partial charge in [0.2, 0.25) is 0 Å². The van der Waals surface area contributed by atoms with Crippen LogP contribution in [0.1, 0.15) is 42.0 Å². The molecule has 24 heavy (non-hydrogen) atoms. The fourth-order valence-electron chi connectivity index (χ4n) is 2.77. The molecular weight excluding hydrogens is 327 g/mol. The molecule has 0 saturated heterocycles. The average Bonchev–Trinajstić information content (AvgIpc) is 2.55. The molecule has 0 aliphatic carbocycles. The van der Waals surface area contributed by atoms with Crippen LogP contribution < -0.4 is 4.74 Å². The second-order valence-electron chi connectivity index (χ2n) is 6.29. The third kappa shape index (κ3) is 4.02. The zero-order chi connectivity index (χ0) is 17.1. The van der Waals surface area contributed by atoms with Crippen molar-refractivity contribution in [3.8, 4) is 5.75 Å². The Balaban J connectivity index is 1.72. The first-order valence-electron chi connectivity index (χ1n) is 7.98. The standard InChI is InChI=1S/C19H21FO3S/c1-13(2)15-5-3-14(4-6-15)10-24(21)11-17-8-18(20)7-16-9-22-12-23-19(16)17/h3-8,13H,9-12H2,1-2H3/t24-/m0/s1. The number of halogens is 1. The minimum atomic E-state index is -1.13. The third-order valence-corrected chi connectivity index (χ3v) is 5.33. The summed E-state index contributed by atoms with van der Waals surface area (Å²) in [6.45, 7) is 4.76. The maximum absolute atomic E-state index is 13.7. The molecule has 1 heterocycles. The van der Waals surface area contributed by atoms with E-state index in [0.29, 0.717) is 35.2 Å². The van der Waals surface area contributed by atoms with Crippen LogP contribution >= 0.6 is 0 Å². The van der Waals surface area contributed by atoms with Crippen molar-refractivity contribution in [2.24, 2.45) is 0 Å². The molecule has 0 aromatic heterocycles. The maximum atomic E-state index is 13.7. The monoisotopic (exact) mass is 348 g/mol. The van der Waals surface area contributed by atoms with Crippen LogP contribution in [0.15, 0.2) is 36.4 Å². The van der Waals surface area contributed by atoms with Crippen molar-refractivity contribution in [1.82, 2.24) is 0 Å². The summed E-state index contributed by atoms with van der Waals surface area (Å²) < 4.78 is 36.9. The number of hydrogen-bond acceptors (Lipinski definition) is 3. The Morgan fingerprint density at radius 2 is 1.92 bits per heavy atom. The summed E-state index contributed by atoms with van der Waals surface area (Å²) >= 11 is 0. The molecule has 0 N–H and O–H groups in total. The van der Waals surface area contributed by atoms with Crippen LogP contribution in [-0.2, 0) is 33.6 Å². The first kappa shape index (κ1) is 17.1. The van der Waals surface area contributed by atoms with Gasteiger partial charge in [0.1, 0.15) is 11.6 Å². The second kappa shape index (κ2) is 7.45. The number of hydrogen-bond donors (Lipinski definition) is 0. The lowest BCUT2D eigenvalue weighted by Crippen LogP contribution is -2.14. The number of fused-ring (bicyclic) bond motifs is 1. The highest BCUT2D eigenvalue weighted by Crippen LogP contribution is 2.30. The molecule has 0 bridgehead atoms. The highest BCUT2D eigenvalue weighted by Gasteiger charge is 2.18. The van der Waals surface area contributed by atoms with Crippen molar-refractivity contribution in [2.75, 3.05) is 6.79 Å². The number of rotatable bonds is 5. The van der Waals surface area contributed by atoms with Gasteiger partial charge in [-0.2, -0.15) is 0 Å². The minimum Gasteiger partial charge on any atom is -0.467 e. The quantitative estimate of drug-likeness (QED) is 0.810. The molecule has 2 aromatic carbocycles. The summed E-state index contributed by atoms with van der Waals surface area (Å²) in [6.07, 6.45) is 0. The van der Waals surface area contributed by atoms with Crippen molar-refractivity contribution in [3.63, 3.8) is 0 Å². The molecule has 0 saturated carbocycles. The summed E-state index contributed by atoms with van der Waals surface area (Å²) in [6, 6.07) is 11.0. The van der Waals surface area contributed by atoms with E-state index in [1.807, 2.05) is 12.1 Å². The van der Waals surface area contributed by atoms with E-state index >= 15 is 0 Å². The van der Waals surface area contributed by atoms with E-state index in [1.54, 1.807) is 0 Å². The van der Waals surface area contributed by atoms with Crippen molar-refractivity contribution in [3.05, 3.63) is 64.5 Å². The molecule has 128 valence electrons. The molecule has 1 atom stereocenters.